The molecule has 0 heterocycles. The van der Waals surface area contributed by atoms with Crippen molar-refractivity contribution in [1.82, 2.24) is 4.31 Å². The molecule has 0 spiro atoms. The number of benzene rings is 1. The number of ether oxygens (including phenoxy) is 1. The lowest BCUT2D eigenvalue weighted by molar-refractivity contribution is -0.140. The van der Waals surface area contributed by atoms with Crippen LogP contribution in [0.5, 0.6) is 0 Å². The summed E-state index contributed by atoms with van der Waals surface area (Å²) < 4.78 is 29.7. The van der Waals surface area contributed by atoms with Crippen LogP contribution in [0.2, 0.25) is 0 Å². The Hall–Kier alpha value is -1.60. The molecular weight excluding hydrogens is 292 g/mol. The molecule has 0 saturated heterocycles. The standard InChI is InChI=1S/C14H22N2O4S/c1-15(2)21(18,19)13-9-7-12(8-10-13)16(3)11-5-6-14(17)20-4/h7-10H,5-6,11H2,1-4H3. The van der Waals surface area contributed by atoms with Gasteiger partial charge >= 0.3 is 5.97 Å². The largest absolute Gasteiger partial charge is 0.469 e. The zero-order chi connectivity index (χ0) is 16.0. The van der Waals surface area contributed by atoms with Crippen molar-refractivity contribution in [2.75, 3.05) is 39.7 Å². The Kier molecular flexibility index (Phi) is 6.17. The Bertz CT molecular complexity index is 567. The monoisotopic (exact) mass is 314 g/mol. The summed E-state index contributed by atoms with van der Waals surface area (Å²) in [7, 11) is 2.87. The number of esters is 1. The van der Waals surface area contributed by atoms with E-state index < -0.39 is 10.0 Å². The number of anilines is 1. The van der Waals surface area contributed by atoms with Gasteiger partial charge in [-0.3, -0.25) is 4.79 Å². The molecule has 0 unspecified atom stereocenters. The highest BCUT2D eigenvalue weighted by molar-refractivity contribution is 7.89. The fourth-order valence-electron chi connectivity index (χ4n) is 1.78. The van der Waals surface area contributed by atoms with Gasteiger partial charge in [0.2, 0.25) is 10.0 Å². The summed E-state index contributed by atoms with van der Waals surface area (Å²) in [5, 5.41) is 0. The number of methoxy groups -OCH3 is 1. The molecule has 0 N–H and O–H groups in total. The van der Waals surface area contributed by atoms with Crippen molar-refractivity contribution in [1.29, 1.82) is 0 Å². The number of rotatable bonds is 7. The molecule has 0 radical (unpaired) electrons. The van der Waals surface area contributed by atoms with E-state index in [9.17, 15) is 13.2 Å². The van der Waals surface area contributed by atoms with Gasteiger partial charge in [0.15, 0.2) is 0 Å². The number of hydrogen-bond acceptors (Lipinski definition) is 5. The van der Waals surface area contributed by atoms with Crippen molar-refractivity contribution in [3.63, 3.8) is 0 Å². The third-order valence-electron chi connectivity index (χ3n) is 3.16. The highest BCUT2D eigenvalue weighted by Crippen LogP contribution is 2.19. The van der Waals surface area contributed by atoms with Crippen LogP contribution in [0.3, 0.4) is 0 Å². The van der Waals surface area contributed by atoms with Crippen molar-refractivity contribution >= 4 is 21.7 Å². The quantitative estimate of drug-likeness (QED) is 0.710. The topological polar surface area (TPSA) is 66.9 Å². The van der Waals surface area contributed by atoms with E-state index in [1.54, 1.807) is 24.3 Å². The first-order valence-electron chi connectivity index (χ1n) is 6.59. The smallest absolute Gasteiger partial charge is 0.305 e. The molecule has 1 aromatic rings. The molecule has 0 aliphatic carbocycles. The number of sulfonamides is 1. The maximum Gasteiger partial charge on any atom is 0.305 e. The molecule has 0 saturated carbocycles. The van der Waals surface area contributed by atoms with Gasteiger partial charge in [-0.15, -0.1) is 0 Å². The van der Waals surface area contributed by atoms with E-state index in [1.807, 2.05) is 11.9 Å². The van der Waals surface area contributed by atoms with Gasteiger partial charge in [-0.25, -0.2) is 12.7 Å². The molecule has 7 heteroatoms. The molecule has 0 atom stereocenters. The maximum atomic E-state index is 12.0. The Morgan fingerprint density at radius 3 is 2.19 bits per heavy atom. The van der Waals surface area contributed by atoms with Crippen LogP contribution in [0.15, 0.2) is 29.2 Å². The highest BCUT2D eigenvalue weighted by atomic mass is 32.2. The van der Waals surface area contributed by atoms with Crippen LogP contribution in [-0.2, 0) is 19.6 Å². The third kappa shape index (κ3) is 4.71. The van der Waals surface area contributed by atoms with Gasteiger partial charge in [0.1, 0.15) is 0 Å². The summed E-state index contributed by atoms with van der Waals surface area (Å²) >= 11 is 0. The predicted octanol–water partition coefficient (Wildman–Crippen LogP) is 1.33. The number of carbonyl (C=O) groups excluding carboxylic acids is 1. The summed E-state index contributed by atoms with van der Waals surface area (Å²) in [5.41, 5.74) is 0.901. The molecule has 0 fully saturated rings. The zero-order valence-electron chi connectivity index (χ0n) is 12.9. The molecule has 0 aliphatic heterocycles. The van der Waals surface area contributed by atoms with Crippen LogP contribution >= 0.6 is 0 Å². The summed E-state index contributed by atoms with van der Waals surface area (Å²) in [6.07, 6.45) is 1.05. The molecule has 1 aromatic carbocycles. The molecule has 21 heavy (non-hydrogen) atoms. The van der Waals surface area contributed by atoms with E-state index >= 15 is 0 Å². The van der Waals surface area contributed by atoms with E-state index in [0.29, 0.717) is 19.4 Å². The molecule has 1 rings (SSSR count). The van der Waals surface area contributed by atoms with Gasteiger partial charge in [0.05, 0.1) is 12.0 Å². The normalized spacial score (nSPS) is 11.5. The second kappa shape index (κ2) is 7.42. The molecule has 0 amide bonds. The highest BCUT2D eigenvalue weighted by Gasteiger charge is 2.16. The molecule has 0 aliphatic rings. The van der Waals surface area contributed by atoms with Crippen molar-refractivity contribution < 1.29 is 17.9 Å². The third-order valence-corrected chi connectivity index (χ3v) is 4.99. The Morgan fingerprint density at radius 1 is 1.14 bits per heavy atom. The second-order valence-electron chi connectivity index (χ2n) is 4.88. The minimum absolute atomic E-state index is 0.226. The van der Waals surface area contributed by atoms with Gasteiger partial charge in [-0.05, 0) is 30.7 Å². The fraction of sp³-hybridized carbons (Fsp3) is 0.500. The van der Waals surface area contributed by atoms with Crippen LogP contribution in [0.1, 0.15) is 12.8 Å². The number of carbonyl (C=O) groups is 1. The van der Waals surface area contributed by atoms with Crippen molar-refractivity contribution in [2.24, 2.45) is 0 Å². The van der Waals surface area contributed by atoms with Crippen molar-refractivity contribution in [3.8, 4) is 0 Å². The maximum absolute atomic E-state index is 12.0. The van der Waals surface area contributed by atoms with Crippen LogP contribution < -0.4 is 4.90 Å². The summed E-state index contributed by atoms with van der Waals surface area (Å²) in [5.74, 6) is -0.226. The van der Waals surface area contributed by atoms with Gasteiger partial charge < -0.3 is 9.64 Å². The lowest BCUT2D eigenvalue weighted by atomic mass is 10.2. The zero-order valence-corrected chi connectivity index (χ0v) is 13.7. The Labute approximate surface area is 126 Å². The summed E-state index contributed by atoms with van der Waals surface area (Å²) in [6.45, 7) is 0.689. The first-order chi connectivity index (χ1) is 9.78. The fourth-order valence-corrected chi connectivity index (χ4v) is 2.68. The SMILES string of the molecule is COC(=O)CCCN(C)c1ccc(S(=O)(=O)N(C)C)cc1. The van der Waals surface area contributed by atoms with Gasteiger partial charge in [-0.1, -0.05) is 0 Å². The van der Waals surface area contributed by atoms with Crippen LogP contribution in [0.25, 0.3) is 0 Å². The molecule has 0 bridgehead atoms. The van der Waals surface area contributed by atoms with Crippen LogP contribution in [0, 0.1) is 0 Å². The molecule has 0 aromatic heterocycles. The lowest BCUT2D eigenvalue weighted by Crippen LogP contribution is -2.22. The van der Waals surface area contributed by atoms with Gasteiger partial charge in [0, 0.05) is 39.8 Å². The van der Waals surface area contributed by atoms with Crippen LogP contribution in [0.4, 0.5) is 5.69 Å². The van der Waals surface area contributed by atoms with Crippen LogP contribution in [-0.4, -0.2) is 53.5 Å². The minimum atomic E-state index is -3.40. The molecule has 6 nitrogen and oxygen atoms in total. The number of nitrogens with zero attached hydrogens (tertiary/aromatic N) is 2. The molecule has 118 valence electrons. The second-order valence-corrected chi connectivity index (χ2v) is 7.03. The lowest BCUT2D eigenvalue weighted by Gasteiger charge is -2.19. The average Bonchev–Trinajstić information content (AvgIpc) is 2.46. The number of hydrogen-bond donors (Lipinski definition) is 0. The molecular formula is C14H22N2O4S. The minimum Gasteiger partial charge on any atom is -0.469 e. The van der Waals surface area contributed by atoms with Crippen molar-refractivity contribution in [3.05, 3.63) is 24.3 Å². The van der Waals surface area contributed by atoms with E-state index in [0.717, 1.165) is 5.69 Å². The Morgan fingerprint density at radius 2 is 1.71 bits per heavy atom. The van der Waals surface area contributed by atoms with Gasteiger partial charge in [-0.2, -0.15) is 0 Å². The predicted molar refractivity (Wildman–Crippen MR) is 81.8 cm³/mol. The summed E-state index contributed by atoms with van der Waals surface area (Å²) in [4.78, 5) is 13.3. The average molecular weight is 314 g/mol. The van der Waals surface area contributed by atoms with E-state index in [4.69, 9.17) is 0 Å². The van der Waals surface area contributed by atoms with Crippen molar-refractivity contribution in [2.45, 2.75) is 17.7 Å². The van der Waals surface area contributed by atoms with E-state index in [2.05, 4.69) is 4.74 Å². The first-order valence-corrected chi connectivity index (χ1v) is 8.03. The first kappa shape index (κ1) is 17.5. The summed E-state index contributed by atoms with van der Waals surface area (Å²) in [6, 6.07) is 6.69. The Balaban J connectivity index is 2.68. The van der Waals surface area contributed by atoms with Gasteiger partial charge in [0.25, 0.3) is 0 Å². The van der Waals surface area contributed by atoms with E-state index in [1.165, 1.54) is 25.5 Å². The van der Waals surface area contributed by atoms with E-state index in [-0.39, 0.29) is 10.9 Å².